The Bertz CT molecular complexity index is 152. The minimum absolute atomic E-state index is 0.505. The third-order valence-corrected chi connectivity index (χ3v) is 3.16. The summed E-state index contributed by atoms with van der Waals surface area (Å²) in [6.45, 7) is 5.02. The molecule has 0 aromatic heterocycles. The Balaban J connectivity index is 2.11. The number of halogens is 1. The van der Waals surface area contributed by atoms with Crippen molar-refractivity contribution in [3.8, 4) is 0 Å². The van der Waals surface area contributed by atoms with E-state index in [0.717, 1.165) is 44.6 Å². The van der Waals surface area contributed by atoms with Gasteiger partial charge in [-0.05, 0) is 19.3 Å². The second-order valence-electron chi connectivity index (χ2n) is 3.95. The standard InChI is InChI=1S/C11H22BrNO2/c1-14-10-8-13(7-5-12)6-4-11-3-2-9-15-11/h11H,2-10H2,1H3. The average Bonchev–Trinajstić information content (AvgIpc) is 2.75. The highest BCUT2D eigenvalue weighted by Gasteiger charge is 2.16. The molecule has 1 heterocycles. The zero-order valence-corrected chi connectivity index (χ0v) is 11.2. The summed E-state index contributed by atoms with van der Waals surface area (Å²) in [5, 5.41) is 1.03. The number of ether oxygens (including phenoxy) is 2. The Morgan fingerprint density at radius 3 is 2.87 bits per heavy atom. The van der Waals surface area contributed by atoms with Gasteiger partial charge in [-0.1, -0.05) is 15.9 Å². The van der Waals surface area contributed by atoms with E-state index in [1.54, 1.807) is 7.11 Å². The SMILES string of the molecule is COCCN(CCBr)CCC1CCCO1. The molecule has 0 spiro atoms. The van der Waals surface area contributed by atoms with Crippen LogP contribution in [-0.4, -0.2) is 56.3 Å². The van der Waals surface area contributed by atoms with Crippen molar-refractivity contribution in [2.24, 2.45) is 0 Å². The summed E-state index contributed by atoms with van der Waals surface area (Å²) in [6, 6.07) is 0. The Hall–Kier alpha value is 0.360. The number of hydrogen-bond donors (Lipinski definition) is 0. The maximum Gasteiger partial charge on any atom is 0.0589 e. The molecule has 1 aliphatic heterocycles. The molecule has 0 bridgehead atoms. The lowest BCUT2D eigenvalue weighted by Gasteiger charge is -2.22. The van der Waals surface area contributed by atoms with Crippen LogP contribution in [0.4, 0.5) is 0 Å². The van der Waals surface area contributed by atoms with E-state index in [4.69, 9.17) is 9.47 Å². The molecular formula is C11H22BrNO2. The van der Waals surface area contributed by atoms with Gasteiger partial charge in [0.1, 0.15) is 0 Å². The summed E-state index contributed by atoms with van der Waals surface area (Å²) in [7, 11) is 1.76. The van der Waals surface area contributed by atoms with Crippen LogP contribution in [0.1, 0.15) is 19.3 Å². The number of methoxy groups -OCH3 is 1. The van der Waals surface area contributed by atoms with Crippen LogP contribution in [0, 0.1) is 0 Å². The molecule has 0 aliphatic carbocycles. The summed E-state index contributed by atoms with van der Waals surface area (Å²) >= 11 is 3.48. The molecule has 0 amide bonds. The molecule has 1 rings (SSSR count). The first kappa shape index (κ1) is 13.4. The van der Waals surface area contributed by atoms with E-state index in [1.807, 2.05) is 0 Å². The number of nitrogens with zero attached hydrogens (tertiary/aromatic N) is 1. The fraction of sp³-hybridized carbons (Fsp3) is 1.00. The van der Waals surface area contributed by atoms with Crippen molar-refractivity contribution in [1.29, 1.82) is 0 Å². The fourth-order valence-corrected chi connectivity index (χ4v) is 2.38. The Kier molecular flexibility index (Phi) is 7.61. The molecule has 3 nitrogen and oxygen atoms in total. The summed E-state index contributed by atoms with van der Waals surface area (Å²) in [5.74, 6) is 0. The lowest BCUT2D eigenvalue weighted by Crippen LogP contribution is -2.32. The van der Waals surface area contributed by atoms with Gasteiger partial charge in [0.2, 0.25) is 0 Å². The van der Waals surface area contributed by atoms with Crippen LogP contribution in [0.15, 0.2) is 0 Å². The monoisotopic (exact) mass is 279 g/mol. The Morgan fingerprint density at radius 2 is 2.27 bits per heavy atom. The average molecular weight is 280 g/mol. The van der Waals surface area contributed by atoms with Gasteiger partial charge in [0, 0.05) is 38.7 Å². The van der Waals surface area contributed by atoms with Gasteiger partial charge in [-0.25, -0.2) is 0 Å². The lowest BCUT2D eigenvalue weighted by atomic mass is 10.2. The van der Waals surface area contributed by atoms with Gasteiger partial charge in [-0.2, -0.15) is 0 Å². The molecule has 1 unspecified atom stereocenters. The second kappa shape index (κ2) is 8.50. The number of hydrogen-bond acceptors (Lipinski definition) is 3. The van der Waals surface area contributed by atoms with Gasteiger partial charge in [0.25, 0.3) is 0 Å². The first-order valence-electron chi connectivity index (χ1n) is 5.75. The van der Waals surface area contributed by atoms with Gasteiger partial charge in [-0.15, -0.1) is 0 Å². The molecule has 1 atom stereocenters. The zero-order valence-electron chi connectivity index (χ0n) is 9.58. The molecular weight excluding hydrogens is 258 g/mol. The predicted molar refractivity (Wildman–Crippen MR) is 65.7 cm³/mol. The van der Waals surface area contributed by atoms with E-state index in [1.165, 1.54) is 12.8 Å². The largest absolute Gasteiger partial charge is 0.383 e. The van der Waals surface area contributed by atoms with Crippen molar-refractivity contribution in [3.63, 3.8) is 0 Å². The molecule has 1 saturated heterocycles. The summed E-state index contributed by atoms with van der Waals surface area (Å²) in [6.07, 6.45) is 4.15. The van der Waals surface area contributed by atoms with Gasteiger partial charge in [-0.3, -0.25) is 0 Å². The van der Waals surface area contributed by atoms with E-state index in [9.17, 15) is 0 Å². The van der Waals surface area contributed by atoms with Crippen LogP contribution in [0.25, 0.3) is 0 Å². The molecule has 90 valence electrons. The molecule has 1 fully saturated rings. The molecule has 1 aliphatic rings. The van der Waals surface area contributed by atoms with E-state index >= 15 is 0 Å². The van der Waals surface area contributed by atoms with E-state index in [-0.39, 0.29) is 0 Å². The van der Waals surface area contributed by atoms with Crippen LogP contribution < -0.4 is 0 Å². The van der Waals surface area contributed by atoms with Crippen LogP contribution >= 0.6 is 15.9 Å². The molecule has 0 aromatic rings. The molecule has 0 saturated carbocycles. The molecule has 15 heavy (non-hydrogen) atoms. The molecule has 0 radical (unpaired) electrons. The van der Waals surface area contributed by atoms with Crippen molar-refractivity contribution < 1.29 is 9.47 Å². The predicted octanol–water partition coefficient (Wildman–Crippen LogP) is 1.90. The third kappa shape index (κ3) is 5.85. The minimum Gasteiger partial charge on any atom is -0.383 e. The first-order chi connectivity index (χ1) is 7.36. The maximum atomic E-state index is 5.62. The topological polar surface area (TPSA) is 21.7 Å². The summed E-state index contributed by atoms with van der Waals surface area (Å²) in [5.41, 5.74) is 0. The Morgan fingerprint density at radius 1 is 1.40 bits per heavy atom. The molecule has 4 heteroatoms. The van der Waals surface area contributed by atoms with Crippen LogP contribution in [0.5, 0.6) is 0 Å². The number of alkyl halides is 1. The maximum absolute atomic E-state index is 5.62. The summed E-state index contributed by atoms with van der Waals surface area (Å²) < 4.78 is 10.7. The van der Waals surface area contributed by atoms with E-state index in [2.05, 4.69) is 20.8 Å². The van der Waals surface area contributed by atoms with Crippen molar-refractivity contribution in [2.45, 2.75) is 25.4 Å². The highest BCUT2D eigenvalue weighted by atomic mass is 79.9. The van der Waals surface area contributed by atoms with Crippen LogP contribution in [-0.2, 0) is 9.47 Å². The van der Waals surface area contributed by atoms with Crippen molar-refractivity contribution in [2.75, 3.05) is 45.3 Å². The van der Waals surface area contributed by atoms with E-state index in [0.29, 0.717) is 6.10 Å². The van der Waals surface area contributed by atoms with Crippen molar-refractivity contribution in [1.82, 2.24) is 4.90 Å². The zero-order chi connectivity index (χ0) is 10.9. The van der Waals surface area contributed by atoms with Crippen molar-refractivity contribution >= 4 is 15.9 Å². The first-order valence-corrected chi connectivity index (χ1v) is 6.88. The normalized spacial score (nSPS) is 21.4. The lowest BCUT2D eigenvalue weighted by molar-refractivity contribution is 0.0865. The van der Waals surface area contributed by atoms with Gasteiger partial charge in [0.05, 0.1) is 12.7 Å². The highest BCUT2D eigenvalue weighted by molar-refractivity contribution is 9.09. The number of rotatable bonds is 8. The quantitative estimate of drug-likeness (QED) is 0.634. The smallest absolute Gasteiger partial charge is 0.0589 e. The molecule has 0 aromatic carbocycles. The highest BCUT2D eigenvalue weighted by Crippen LogP contribution is 2.15. The van der Waals surface area contributed by atoms with Crippen LogP contribution in [0.3, 0.4) is 0 Å². The van der Waals surface area contributed by atoms with E-state index < -0.39 is 0 Å². The van der Waals surface area contributed by atoms with Crippen molar-refractivity contribution in [3.05, 3.63) is 0 Å². The third-order valence-electron chi connectivity index (χ3n) is 2.80. The van der Waals surface area contributed by atoms with Gasteiger partial charge in [0.15, 0.2) is 0 Å². The van der Waals surface area contributed by atoms with Gasteiger partial charge < -0.3 is 14.4 Å². The second-order valence-corrected chi connectivity index (χ2v) is 4.74. The van der Waals surface area contributed by atoms with Gasteiger partial charge >= 0.3 is 0 Å². The summed E-state index contributed by atoms with van der Waals surface area (Å²) in [4.78, 5) is 2.43. The Labute approximate surface area is 101 Å². The van der Waals surface area contributed by atoms with Crippen LogP contribution in [0.2, 0.25) is 0 Å². The minimum atomic E-state index is 0.505. The fourth-order valence-electron chi connectivity index (χ4n) is 1.87. The molecule has 0 N–H and O–H groups in total.